The molecule has 0 unspecified atom stereocenters. The lowest BCUT2D eigenvalue weighted by molar-refractivity contribution is 0.0184. The fraction of sp³-hybridized carbons (Fsp3) is 0.650. The number of likely N-dealkylation sites (tertiary alicyclic amines) is 1. The van der Waals surface area contributed by atoms with Gasteiger partial charge in [-0.05, 0) is 52.5 Å². The molecule has 4 heteroatoms. The van der Waals surface area contributed by atoms with Crippen LogP contribution in [0, 0.1) is 5.92 Å². The van der Waals surface area contributed by atoms with Crippen LogP contribution in [0.25, 0.3) is 0 Å². The van der Waals surface area contributed by atoms with Crippen LogP contribution in [-0.2, 0) is 11.3 Å². The zero-order chi connectivity index (χ0) is 17.9. The molecular formula is C20H32N2O2. The van der Waals surface area contributed by atoms with Crippen molar-refractivity contribution in [3.63, 3.8) is 0 Å². The van der Waals surface area contributed by atoms with Gasteiger partial charge in [-0.3, -0.25) is 4.90 Å². The van der Waals surface area contributed by atoms with Crippen LogP contribution in [-0.4, -0.2) is 34.7 Å². The summed E-state index contributed by atoms with van der Waals surface area (Å²) in [4.78, 5) is 14.6. The van der Waals surface area contributed by atoms with E-state index < -0.39 is 5.60 Å². The molecule has 0 spiro atoms. The van der Waals surface area contributed by atoms with Gasteiger partial charge in [0.25, 0.3) is 0 Å². The molecule has 24 heavy (non-hydrogen) atoms. The van der Waals surface area contributed by atoms with E-state index in [2.05, 4.69) is 61.3 Å². The van der Waals surface area contributed by atoms with Crippen LogP contribution in [0.5, 0.6) is 0 Å². The number of rotatable bonds is 3. The summed E-state index contributed by atoms with van der Waals surface area (Å²) in [5.74, 6) is 0.373. The molecule has 1 heterocycles. The number of hydrogen-bond acceptors (Lipinski definition) is 3. The SMILES string of the molecule is C[C@@H]1[C@H](NC(=O)OC(C)(C)C)C[C@@H](C)N(Cc2ccccc2)[C@H]1C. The minimum atomic E-state index is -0.460. The van der Waals surface area contributed by atoms with Gasteiger partial charge in [-0.2, -0.15) is 0 Å². The van der Waals surface area contributed by atoms with Crippen molar-refractivity contribution in [2.45, 2.75) is 78.2 Å². The number of benzene rings is 1. The Morgan fingerprint density at radius 3 is 2.42 bits per heavy atom. The Labute approximate surface area is 146 Å². The maximum atomic E-state index is 12.1. The number of piperidine rings is 1. The fourth-order valence-electron chi connectivity index (χ4n) is 3.50. The number of nitrogens with one attached hydrogen (secondary N) is 1. The monoisotopic (exact) mass is 332 g/mol. The summed E-state index contributed by atoms with van der Waals surface area (Å²) in [6.45, 7) is 13.3. The Balaban J connectivity index is 1.99. The number of amides is 1. The van der Waals surface area contributed by atoms with E-state index in [9.17, 15) is 4.79 Å². The molecule has 0 aromatic heterocycles. The number of carbonyl (C=O) groups excluding carboxylic acids is 1. The highest BCUT2D eigenvalue weighted by Crippen LogP contribution is 2.29. The van der Waals surface area contributed by atoms with Crippen LogP contribution in [0.15, 0.2) is 30.3 Å². The van der Waals surface area contributed by atoms with Crippen LogP contribution in [0.1, 0.15) is 53.5 Å². The molecule has 1 aliphatic heterocycles. The van der Waals surface area contributed by atoms with E-state index in [1.54, 1.807) is 0 Å². The molecule has 4 nitrogen and oxygen atoms in total. The van der Waals surface area contributed by atoms with E-state index in [0.29, 0.717) is 18.0 Å². The smallest absolute Gasteiger partial charge is 0.407 e. The summed E-state index contributed by atoms with van der Waals surface area (Å²) in [5.41, 5.74) is 0.875. The molecule has 2 rings (SSSR count). The first-order chi connectivity index (χ1) is 11.2. The van der Waals surface area contributed by atoms with E-state index in [4.69, 9.17) is 4.74 Å². The van der Waals surface area contributed by atoms with Gasteiger partial charge in [-0.15, -0.1) is 0 Å². The van der Waals surface area contributed by atoms with Crippen molar-refractivity contribution in [3.05, 3.63) is 35.9 Å². The highest BCUT2D eigenvalue weighted by molar-refractivity contribution is 5.68. The molecule has 0 aliphatic carbocycles. The minimum Gasteiger partial charge on any atom is -0.444 e. The second-order valence-electron chi connectivity index (χ2n) is 8.10. The summed E-state index contributed by atoms with van der Waals surface area (Å²) in [6.07, 6.45) is 0.632. The average Bonchev–Trinajstić information content (AvgIpc) is 2.48. The van der Waals surface area contributed by atoms with E-state index in [1.165, 1.54) is 5.56 Å². The van der Waals surface area contributed by atoms with Crippen molar-refractivity contribution in [1.82, 2.24) is 10.2 Å². The first-order valence-electron chi connectivity index (χ1n) is 8.96. The summed E-state index contributed by atoms with van der Waals surface area (Å²) in [7, 11) is 0. The number of nitrogens with zero attached hydrogens (tertiary/aromatic N) is 1. The Morgan fingerprint density at radius 1 is 1.21 bits per heavy atom. The molecule has 1 N–H and O–H groups in total. The molecule has 1 amide bonds. The second kappa shape index (κ2) is 7.56. The van der Waals surface area contributed by atoms with Gasteiger partial charge in [0.15, 0.2) is 0 Å². The molecule has 1 saturated heterocycles. The van der Waals surface area contributed by atoms with Crippen molar-refractivity contribution in [2.24, 2.45) is 5.92 Å². The minimum absolute atomic E-state index is 0.150. The predicted octanol–water partition coefficient (Wildman–Crippen LogP) is 4.20. The van der Waals surface area contributed by atoms with Gasteiger partial charge in [0.2, 0.25) is 0 Å². The zero-order valence-electron chi connectivity index (χ0n) is 15.9. The molecule has 1 aromatic rings. The van der Waals surface area contributed by atoms with Gasteiger partial charge in [0.05, 0.1) is 0 Å². The third kappa shape index (κ3) is 4.97. The quantitative estimate of drug-likeness (QED) is 0.902. The van der Waals surface area contributed by atoms with Crippen molar-refractivity contribution in [2.75, 3.05) is 0 Å². The summed E-state index contributed by atoms with van der Waals surface area (Å²) in [5, 5.41) is 3.08. The number of carbonyl (C=O) groups is 1. The van der Waals surface area contributed by atoms with Crippen molar-refractivity contribution >= 4 is 6.09 Å². The van der Waals surface area contributed by atoms with Crippen molar-refractivity contribution < 1.29 is 9.53 Å². The van der Waals surface area contributed by atoms with E-state index in [0.717, 1.165) is 13.0 Å². The lowest BCUT2D eigenvalue weighted by Crippen LogP contribution is -2.57. The highest BCUT2D eigenvalue weighted by atomic mass is 16.6. The lowest BCUT2D eigenvalue weighted by Gasteiger charge is -2.47. The van der Waals surface area contributed by atoms with Crippen LogP contribution in [0.2, 0.25) is 0 Å². The fourth-order valence-corrected chi connectivity index (χ4v) is 3.50. The number of ether oxygens (including phenoxy) is 1. The van der Waals surface area contributed by atoms with Crippen molar-refractivity contribution in [3.8, 4) is 0 Å². The third-order valence-electron chi connectivity index (χ3n) is 4.99. The summed E-state index contributed by atoms with van der Waals surface area (Å²) < 4.78 is 5.42. The molecule has 0 radical (unpaired) electrons. The average molecular weight is 332 g/mol. The first-order valence-corrected chi connectivity index (χ1v) is 8.96. The number of alkyl carbamates (subject to hydrolysis) is 1. The van der Waals surface area contributed by atoms with E-state index >= 15 is 0 Å². The van der Waals surface area contributed by atoms with Gasteiger partial charge in [-0.25, -0.2) is 4.79 Å². The first kappa shape index (κ1) is 18.8. The zero-order valence-corrected chi connectivity index (χ0v) is 15.9. The molecule has 0 bridgehead atoms. The van der Waals surface area contributed by atoms with E-state index in [1.807, 2.05) is 20.8 Å². The number of hydrogen-bond donors (Lipinski definition) is 1. The predicted molar refractivity (Wildman–Crippen MR) is 97.8 cm³/mol. The van der Waals surface area contributed by atoms with E-state index in [-0.39, 0.29) is 12.1 Å². The summed E-state index contributed by atoms with van der Waals surface area (Å²) >= 11 is 0. The Kier molecular flexibility index (Phi) is 5.92. The largest absolute Gasteiger partial charge is 0.444 e. The van der Waals surface area contributed by atoms with Gasteiger partial charge in [0, 0.05) is 24.7 Å². The Hall–Kier alpha value is -1.55. The molecule has 1 fully saturated rings. The molecule has 1 aromatic carbocycles. The normalized spacial score (nSPS) is 28.4. The maximum Gasteiger partial charge on any atom is 0.407 e. The Bertz CT molecular complexity index is 538. The maximum absolute atomic E-state index is 12.1. The lowest BCUT2D eigenvalue weighted by atomic mass is 9.83. The van der Waals surface area contributed by atoms with Gasteiger partial charge in [0.1, 0.15) is 5.60 Å². The molecular weight excluding hydrogens is 300 g/mol. The van der Waals surface area contributed by atoms with Crippen LogP contribution < -0.4 is 5.32 Å². The molecule has 134 valence electrons. The van der Waals surface area contributed by atoms with Crippen LogP contribution >= 0.6 is 0 Å². The van der Waals surface area contributed by atoms with Gasteiger partial charge < -0.3 is 10.1 Å². The second-order valence-corrected chi connectivity index (χ2v) is 8.10. The third-order valence-corrected chi connectivity index (χ3v) is 4.99. The molecule has 1 aliphatic rings. The molecule has 4 atom stereocenters. The van der Waals surface area contributed by atoms with Crippen LogP contribution in [0.3, 0.4) is 0 Å². The standard InChI is InChI=1S/C20H32N2O2/c1-14-12-18(21-19(23)24-20(4,5)6)15(2)16(3)22(14)13-17-10-8-7-9-11-17/h7-11,14-16,18H,12-13H2,1-6H3,(H,21,23)/t14-,15+,16+,18-/m1/s1. The molecule has 0 saturated carbocycles. The topological polar surface area (TPSA) is 41.6 Å². The van der Waals surface area contributed by atoms with Crippen molar-refractivity contribution in [1.29, 1.82) is 0 Å². The summed E-state index contributed by atoms with van der Waals surface area (Å²) in [6, 6.07) is 11.5. The van der Waals surface area contributed by atoms with Gasteiger partial charge >= 0.3 is 6.09 Å². The van der Waals surface area contributed by atoms with Crippen LogP contribution in [0.4, 0.5) is 4.79 Å². The van der Waals surface area contributed by atoms with Gasteiger partial charge in [-0.1, -0.05) is 37.3 Å². The Morgan fingerprint density at radius 2 is 1.83 bits per heavy atom. The highest BCUT2D eigenvalue weighted by Gasteiger charge is 2.37.